The van der Waals surface area contributed by atoms with Crippen molar-refractivity contribution >= 4 is 11.5 Å². The summed E-state index contributed by atoms with van der Waals surface area (Å²) >= 11 is 0. The Hall–Kier alpha value is -2.67. The number of anilines is 1. The summed E-state index contributed by atoms with van der Waals surface area (Å²) in [6.07, 6.45) is 8.86. The molecule has 142 valence electrons. The number of rotatable bonds is 4. The fourth-order valence-corrected chi connectivity index (χ4v) is 3.59. The van der Waals surface area contributed by atoms with Crippen LogP contribution >= 0.6 is 0 Å². The molecule has 0 saturated carbocycles. The average Bonchev–Trinajstić information content (AvgIpc) is 3.28. The number of ether oxygens (including phenoxy) is 2. The lowest BCUT2D eigenvalue weighted by molar-refractivity contribution is 0.0989. The Balaban J connectivity index is 1.61. The van der Waals surface area contributed by atoms with Gasteiger partial charge in [0.25, 0.3) is 0 Å². The van der Waals surface area contributed by atoms with E-state index >= 15 is 0 Å². The Morgan fingerprint density at radius 3 is 3.00 bits per heavy atom. The number of aromatic nitrogens is 2. The summed E-state index contributed by atoms with van der Waals surface area (Å²) in [5.74, 6) is 1.67. The first-order chi connectivity index (χ1) is 13.1. The first-order valence-electron chi connectivity index (χ1n) is 9.35. The minimum Gasteiger partial charge on any atom is -0.491 e. The molecule has 4 heterocycles. The molecule has 2 fully saturated rings. The zero-order valence-electron chi connectivity index (χ0n) is 15.8. The smallest absolute Gasteiger partial charge is 0.133 e. The van der Waals surface area contributed by atoms with E-state index in [1.54, 1.807) is 6.33 Å². The third-order valence-electron chi connectivity index (χ3n) is 4.76. The fourth-order valence-electron chi connectivity index (χ4n) is 3.59. The van der Waals surface area contributed by atoms with Gasteiger partial charge in [0, 0.05) is 18.2 Å². The normalized spacial score (nSPS) is 29.9. The topological polar surface area (TPSA) is 71.9 Å². The molecule has 0 aliphatic carbocycles. The van der Waals surface area contributed by atoms with Gasteiger partial charge in [-0.3, -0.25) is 0 Å². The van der Waals surface area contributed by atoms with Crippen LogP contribution in [0.5, 0.6) is 0 Å². The Morgan fingerprint density at radius 2 is 2.26 bits per heavy atom. The van der Waals surface area contributed by atoms with Crippen molar-refractivity contribution in [1.82, 2.24) is 15.4 Å². The van der Waals surface area contributed by atoms with Gasteiger partial charge in [0.1, 0.15) is 23.6 Å². The molecular formula is C20H25N5O2. The van der Waals surface area contributed by atoms with E-state index in [1.165, 1.54) is 0 Å². The van der Waals surface area contributed by atoms with Crippen LogP contribution in [0.25, 0.3) is 0 Å². The monoisotopic (exact) mass is 367 g/mol. The highest BCUT2D eigenvalue weighted by Gasteiger charge is 2.39. The van der Waals surface area contributed by atoms with Gasteiger partial charge >= 0.3 is 0 Å². The maximum Gasteiger partial charge on any atom is 0.133 e. The molecule has 0 amide bonds. The maximum absolute atomic E-state index is 5.85. The molecule has 0 spiro atoms. The molecule has 4 rings (SSSR count). The van der Waals surface area contributed by atoms with Gasteiger partial charge in [-0.2, -0.15) is 5.10 Å². The van der Waals surface area contributed by atoms with E-state index in [0.717, 1.165) is 42.4 Å². The average molecular weight is 367 g/mol. The molecule has 1 aromatic rings. The minimum absolute atomic E-state index is 0.0845. The van der Waals surface area contributed by atoms with Crippen molar-refractivity contribution in [3.05, 3.63) is 54.2 Å². The number of hydrazone groups is 1. The zero-order chi connectivity index (χ0) is 18.8. The number of fused-ring (bicyclic) bond motifs is 2. The molecule has 1 unspecified atom stereocenters. The third-order valence-corrected chi connectivity index (χ3v) is 4.76. The standard InChI is InChI=1S/C20H25N5O2/c1-13(2)27-16-5-4-6-23-24-20(14(3)7-16)18-9-19(22-12-21-18)25-10-17-8-15(25)11-26-17/h4-5,7,9,12-13,15,17,23H,3,6,8,10-11H2,1-2H3/b5-4-,16-7+,24-20+/t15?,17-/m0/s1. The molecule has 27 heavy (non-hydrogen) atoms. The van der Waals surface area contributed by atoms with Crippen molar-refractivity contribution in [2.45, 2.75) is 38.5 Å². The Labute approximate surface area is 159 Å². The van der Waals surface area contributed by atoms with Crippen molar-refractivity contribution in [3.8, 4) is 0 Å². The predicted octanol–water partition coefficient (Wildman–Crippen LogP) is 2.18. The second-order valence-corrected chi connectivity index (χ2v) is 7.22. The van der Waals surface area contributed by atoms with Gasteiger partial charge in [-0.05, 0) is 32.4 Å². The lowest BCUT2D eigenvalue weighted by Crippen LogP contribution is -2.37. The molecule has 2 saturated heterocycles. The Kier molecular flexibility index (Phi) is 4.94. The second-order valence-electron chi connectivity index (χ2n) is 7.22. The molecule has 2 atom stereocenters. The van der Waals surface area contributed by atoms with Crippen LogP contribution in [0.15, 0.2) is 53.6 Å². The lowest BCUT2D eigenvalue weighted by Gasteiger charge is -2.27. The molecule has 7 nitrogen and oxygen atoms in total. The van der Waals surface area contributed by atoms with Gasteiger partial charge in [-0.1, -0.05) is 12.7 Å². The summed E-state index contributed by atoms with van der Waals surface area (Å²) in [7, 11) is 0. The summed E-state index contributed by atoms with van der Waals surface area (Å²) in [5, 5.41) is 4.51. The van der Waals surface area contributed by atoms with Gasteiger partial charge < -0.3 is 19.8 Å². The predicted molar refractivity (Wildman–Crippen MR) is 105 cm³/mol. The largest absolute Gasteiger partial charge is 0.491 e. The first-order valence-corrected chi connectivity index (χ1v) is 9.35. The number of hydrogen-bond acceptors (Lipinski definition) is 7. The Morgan fingerprint density at radius 1 is 1.37 bits per heavy atom. The van der Waals surface area contributed by atoms with Crippen molar-refractivity contribution in [2.75, 3.05) is 24.6 Å². The summed E-state index contributed by atoms with van der Waals surface area (Å²) in [4.78, 5) is 11.2. The molecule has 0 aromatic carbocycles. The van der Waals surface area contributed by atoms with E-state index in [4.69, 9.17) is 9.47 Å². The third kappa shape index (κ3) is 3.88. The van der Waals surface area contributed by atoms with Crippen LogP contribution in [-0.2, 0) is 9.47 Å². The second kappa shape index (κ2) is 7.52. The summed E-state index contributed by atoms with van der Waals surface area (Å²) < 4.78 is 11.5. The van der Waals surface area contributed by atoms with Crippen molar-refractivity contribution < 1.29 is 9.47 Å². The SMILES string of the molecule is C=C1/C=C(OC(C)C)\C=C/CN/N=C\1c1cc(N2C[C@@H]3CC2CO3)ncn1. The van der Waals surface area contributed by atoms with E-state index in [2.05, 4.69) is 32.0 Å². The van der Waals surface area contributed by atoms with E-state index < -0.39 is 0 Å². The van der Waals surface area contributed by atoms with Gasteiger partial charge in [0.15, 0.2) is 0 Å². The molecule has 1 N–H and O–H groups in total. The van der Waals surface area contributed by atoms with E-state index in [1.807, 2.05) is 38.1 Å². The molecular weight excluding hydrogens is 342 g/mol. The first kappa shape index (κ1) is 17.7. The number of morpholine rings is 1. The van der Waals surface area contributed by atoms with Crippen LogP contribution in [0.4, 0.5) is 5.82 Å². The van der Waals surface area contributed by atoms with E-state index in [9.17, 15) is 0 Å². The molecule has 3 aliphatic rings. The van der Waals surface area contributed by atoms with Gasteiger partial charge in [0.2, 0.25) is 0 Å². The Bertz CT molecular complexity index is 814. The number of hydrogen-bond donors (Lipinski definition) is 1. The van der Waals surface area contributed by atoms with Crippen LogP contribution in [0.2, 0.25) is 0 Å². The van der Waals surface area contributed by atoms with E-state index in [-0.39, 0.29) is 6.10 Å². The summed E-state index contributed by atoms with van der Waals surface area (Å²) in [6, 6.07) is 2.38. The number of allylic oxidation sites excluding steroid dienone is 3. The molecule has 3 aliphatic heterocycles. The van der Waals surface area contributed by atoms with Crippen LogP contribution in [0.3, 0.4) is 0 Å². The van der Waals surface area contributed by atoms with Crippen molar-refractivity contribution in [3.63, 3.8) is 0 Å². The summed E-state index contributed by atoms with van der Waals surface area (Å²) in [6.45, 7) is 10.4. The molecule has 7 heteroatoms. The van der Waals surface area contributed by atoms with Gasteiger partial charge in [0.05, 0.1) is 37.1 Å². The highest BCUT2D eigenvalue weighted by atomic mass is 16.5. The van der Waals surface area contributed by atoms with Gasteiger partial charge in [-0.25, -0.2) is 9.97 Å². The molecule has 1 aromatic heterocycles. The van der Waals surface area contributed by atoms with Crippen LogP contribution in [0.1, 0.15) is 26.0 Å². The molecule has 0 radical (unpaired) electrons. The summed E-state index contributed by atoms with van der Waals surface area (Å²) in [5.41, 5.74) is 5.22. The molecule has 2 bridgehead atoms. The minimum atomic E-state index is 0.0845. The quantitative estimate of drug-likeness (QED) is 0.880. The van der Waals surface area contributed by atoms with Crippen LogP contribution < -0.4 is 10.3 Å². The van der Waals surface area contributed by atoms with Gasteiger partial charge in [-0.15, -0.1) is 0 Å². The highest BCUT2D eigenvalue weighted by Crippen LogP contribution is 2.31. The van der Waals surface area contributed by atoms with Crippen LogP contribution in [-0.4, -0.2) is 53.6 Å². The number of nitrogens with one attached hydrogen (secondary N) is 1. The maximum atomic E-state index is 5.85. The van der Waals surface area contributed by atoms with Crippen molar-refractivity contribution in [2.24, 2.45) is 5.10 Å². The zero-order valence-corrected chi connectivity index (χ0v) is 15.8. The fraction of sp³-hybridized carbons (Fsp3) is 0.450. The van der Waals surface area contributed by atoms with Crippen LogP contribution in [0, 0.1) is 0 Å². The number of nitrogens with zero attached hydrogens (tertiary/aromatic N) is 4. The van der Waals surface area contributed by atoms with E-state index in [0.29, 0.717) is 24.4 Å². The lowest BCUT2D eigenvalue weighted by atomic mass is 10.1. The highest BCUT2D eigenvalue weighted by molar-refractivity contribution is 6.13. The van der Waals surface area contributed by atoms with Crippen molar-refractivity contribution in [1.29, 1.82) is 0 Å².